The van der Waals surface area contributed by atoms with Crippen LogP contribution in [-0.4, -0.2) is 12.0 Å². The molecule has 3 nitrogen and oxygen atoms in total. The van der Waals surface area contributed by atoms with Gasteiger partial charge in [-0.1, -0.05) is 50.8 Å². The Morgan fingerprint density at radius 2 is 1.94 bits per heavy atom. The van der Waals surface area contributed by atoms with Gasteiger partial charge in [-0.25, -0.2) is 0 Å². The predicted octanol–water partition coefficient (Wildman–Crippen LogP) is 3.77. The number of aliphatic imine (C=N–C) groups is 1. The first-order valence-electron chi connectivity index (χ1n) is 6.87. The minimum Gasteiger partial charge on any atom is -0.370 e. The van der Waals surface area contributed by atoms with Gasteiger partial charge >= 0.3 is 0 Å². The minimum atomic E-state index is 0.290. The van der Waals surface area contributed by atoms with Gasteiger partial charge in [0.2, 0.25) is 0 Å². The van der Waals surface area contributed by atoms with Crippen LogP contribution in [0.4, 0.5) is 5.69 Å². The number of rotatable bonds is 7. The molecule has 0 fully saturated rings. The quantitative estimate of drug-likeness (QED) is 0.438. The van der Waals surface area contributed by atoms with E-state index in [0.717, 1.165) is 12.1 Å². The zero-order valence-corrected chi connectivity index (χ0v) is 11.5. The second kappa shape index (κ2) is 8.56. The van der Waals surface area contributed by atoms with Crippen molar-refractivity contribution in [2.24, 2.45) is 10.7 Å². The summed E-state index contributed by atoms with van der Waals surface area (Å²) in [5.74, 6) is 0.504. The van der Waals surface area contributed by atoms with Crippen LogP contribution in [0.1, 0.15) is 46.0 Å². The first-order valence-corrected chi connectivity index (χ1v) is 6.87. The Kier molecular flexibility index (Phi) is 6.92. The maximum atomic E-state index is 5.88. The Morgan fingerprint density at radius 3 is 2.61 bits per heavy atom. The number of nitrogens with two attached hydrogens (primary N) is 1. The number of nitrogens with zero attached hydrogens (tertiary/aromatic N) is 1. The second-order valence-corrected chi connectivity index (χ2v) is 4.70. The average molecular weight is 247 g/mol. The van der Waals surface area contributed by atoms with Crippen molar-refractivity contribution >= 4 is 11.6 Å². The van der Waals surface area contributed by atoms with Gasteiger partial charge in [0.1, 0.15) is 0 Å². The van der Waals surface area contributed by atoms with E-state index >= 15 is 0 Å². The van der Waals surface area contributed by atoms with Gasteiger partial charge in [0.15, 0.2) is 5.96 Å². The summed E-state index contributed by atoms with van der Waals surface area (Å²) < 4.78 is 0. The smallest absolute Gasteiger partial charge is 0.193 e. The van der Waals surface area contributed by atoms with Crippen LogP contribution in [0.25, 0.3) is 0 Å². The van der Waals surface area contributed by atoms with Crippen LogP contribution in [0.2, 0.25) is 0 Å². The van der Waals surface area contributed by atoms with Crippen molar-refractivity contribution in [2.75, 3.05) is 5.32 Å². The van der Waals surface area contributed by atoms with Crippen molar-refractivity contribution in [1.82, 2.24) is 0 Å². The highest BCUT2D eigenvalue weighted by Crippen LogP contribution is 2.08. The fraction of sp³-hybridized carbons (Fsp3) is 0.533. The monoisotopic (exact) mass is 247 g/mol. The predicted molar refractivity (Wildman–Crippen MR) is 79.9 cm³/mol. The molecule has 100 valence electrons. The molecular formula is C15H25N3. The van der Waals surface area contributed by atoms with Gasteiger partial charge in [0, 0.05) is 5.69 Å². The van der Waals surface area contributed by atoms with E-state index < -0.39 is 0 Å². The summed E-state index contributed by atoms with van der Waals surface area (Å²) in [5, 5.41) is 3.10. The average Bonchev–Trinajstić information content (AvgIpc) is 2.35. The molecule has 0 spiro atoms. The van der Waals surface area contributed by atoms with Gasteiger partial charge in [0.05, 0.1) is 6.04 Å². The van der Waals surface area contributed by atoms with Gasteiger partial charge < -0.3 is 11.1 Å². The minimum absolute atomic E-state index is 0.290. The Morgan fingerprint density at radius 1 is 1.22 bits per heavy atom. The lowest BCUT2D eigenvalue weighted by Gasteiger charge is -2.09. The summed E-state index contributed by atoms with van der Waals surface area (Å²) in [4.78, 5) is 4.45. The molecular weight excluding hydrogens is 222 g/mol. The summed E-state index contributed by atoms with van der Waals surface area (Å²) in [6.45, 7) is 4.34. The third-order valence-electron chi connectivity index (χ3n) is 2.88. The van der Waals surface area contributed by atoms with E-state index in [1.54, 1.807) is 0 Å². The maximum absolute atomic E-state index is 5.88. The molecule has 0 aliphatic heterocycles. The first kappa shape index (κ1) is 14.6. The molecule has 0 aliphatic rings. The molecule has 0 aliphatic carbocycles. The van der Waals surface area contributed by atoms with Crippen LogP contribution >= 0.6 is 0 Å². The van der Waals surface area contributed by atoms with Gasteiger partial charge in [0.25, 0.3) is 0 Å². The van der Waals surface area contributed by atoms with E-state index in [4.69, 9.17) is 5.73 Å². The van der Waals surface area contributed by atoms with E-state index in [9.17, 15) is 0 Å². The number of para-hydroxylation sites is 1. The van der Waals surface area contributed by atoms with Crippen molar-refractivity contribution in [3.05, 3.63) is 30.3 Å². The molecule has 1 unspecified atom stereocenters. The largest absolute Gasteiger partial charge is 0.370 e. The van der Waals surface area contributed by atoms with Crippen molar-refractivity contribution in [2.45, 2.75) is 52.0 Å². The summed E-state index contributed by atoms with van der Waals surface area (Å²) in [6.07, 6.45) is 6.22. The molecule has 18 heavy (non-hydrogen) atoms. The Bertz CT molecular complexity index is 346. The molecule has 3 N–H and O–H groups in total. The molecule has 1 atom stereocenters. The van der Waals surface area contributed by atoms with Gasteiger partial charge in [-0.05, 0) is 25.5 Å². The molecule has 0 radical (unpaired) electrons. The van der Waals surface area contributed by atoms with E-state index in [1.807, 2.05) is 30.3 Å². The van der Waals surface area contributed by atoms with Crippen LogP contribution in [0.5, 0.6) is 0 Å². The molecule has 0 aromatic heterocycles. The molecule has 3 heteroatoms. The van der Waals surface area contributed by atoms with Crippen LogP contribution in [0.3, 0.4) is 0 Å². The Labute approximate surface area is 111 Å². The molecule has 0 saturated carbocycles. The zero-order chi connectivity index (χ0) is 13.2. The second-order valence-electron chi connectivity index (χ2n) is 4.70. The van der Waals surface area contributed by atoms with Crippen molar-refractivity contribution < 1.29 is 0 Å². The van der Waals surface area contributed by atoms with Crippen molar-refractivity contribution in [3.8, 4) is 0 Å². The highest BCUT2D eigenvalue weighted by atomic mass is 15.1. The molecule has 1 rings (SSSR count). The number of hydrogen-bond donors (Lipinski definition) is 2. The zero-order valence-electron chi connectivity index (χ0n) is 11.5. The number of unbranched alkanes of at least 4 members (excludes halogenated alkanes) is 3. The molecule has 1 aromatic carbocycles. The lowest BCUT2D eigenvalue weighted by Crippen LogP contribution is -2.24. The molecule has 0 bridgehead atoms. The summed E-state index contributed by atoms with van der Waals surface area (Å²) >= 11 is 0. The van der Waals surface area contributed by atoms with Gasteiger partial charge in [-0.15, -0.1) is 0 Å². The highest BCUT2D eigenvalue weighted by molar-refractivity contribution is 5.92. The SMILES string of the molecule is CCCCCCC(C)N=C(N)Nc1ccccc1. The van der Waals surface area contributed by atoms with E-state index in [2.05, 4.69) is 24.2 Å². The van der Waals surface area contributed by atoms with Gasteiger partial charge in [-0.2, -0.15) is 0 Å². The summed E-state index contributed by atoms with van der Waals surface area (Å²) in [7, 11) is 0. The molecule has 0 amide bonds. The van der Waals surface area contributed by atoms with E-state index in [0.29, 0.717) is 5.96 Å². The van der Waals surface area contributed by atoms with Crippen LogP contribution in [0.15, 0.2) is 35.3 Å². The summed E-state index contributed by atoms with van der Waals surface area (Å²) in [6, 6.07) is 10.2. The first-order chi connectivity index (χ1) is 8.72. The topological polar surface area (TPSA) is 50.4 Å². The number of benzene rings is 1. The maximum Gasteiger partial charge on any atom is 0.193 e. The van der Waals surface area contributed by atoms with Crippen LogP contribution in [0, 0.1) is 0 Å². The number of nitrogens with one attached hydrogen (secondary N) is 1. The Balaban J connectivity index is 2.31. The van der Waals surface area contributed by atoms with Crippen molar-refractivity contribution in [3.63, 3.8) is 0 Å². The number of guanidine groups is 1. The summed E-state index contributed by atoms with van der Waals surface area (Å²) in [5.41, 5.74) is 6.86. The highest BCUT2D eigenvalue weighted by Gasteiger charge is 2.01. The molecule has 1 aromatic rings. The lowest BCUT2D eigenvalue weighted by molar-refractivity contribution is 0.576. The third-order valence-corrected chi connectivity index (χ3v) is 2.88. The van der Waals surface area contributed by atoms with E-state index in [1.165, 1.54) is 25.7 Å². The van der Waals surface area contributed by atoms with Crippen LogP contribution in [-0.2, 0) is 0 Å². The van der Waals surface area contributed by atoms with Crippen LogP contribution < -0.4 is 11.1 Å². The van der Waals surface area contributed by atoms with Gasteiger partial charge in [-0.3, -0.25) is 4.99 Å². The normalized spacial score (nSPS) is 13.3. The fourth-order valence-electron chi connectivity index (χ4n) is 1.87. The number of hydrogen-bond acceptors (Lipinski definition) is 1. The number of anilines is 1. The van der Waals surface area contributed by atoms with E-state index in [-0.39, 0.29) is 6.04 Å². The standard InChI is InChI=1S/C15H25N3/c1-3-4-5-7-10-13(2)17-15(16)18-14-11-8-6-9-12-14/h6,8-9,11-13H,3-5,7,10H2,1-2H3,(H3,16,17,18). The molecule has 0 saturated heterocycles. The Hall–Kier alpha value is -1.51. The fourth-order valence-corrected chi connectivity index (χ4v) is 1.87. The lowest BCUT2D eigenvalue weighted by atomic mass is 10.1. The molecule has 0 heterocycles. The van der Waals surface area contributed by atoms with Crippen molar-refractivity contribution in [1.29, 1.82) is 0 Å². The third kappa shape index (κ3) is 6.28.